The van der Waals surface area contributed by atoms with Gasteiger partial charge in [-0.05, 0) is 25.7 Å². The third-order valence-corrected chi connectivity index (χ3v) is 5.66. The molecule has 0 heterocycles. The molecule has 0 rings (SSSR count). The zero-order valence-corrected chi connectivity index (χ0v) is 14.2. The van der Waals surface area contributed by atoms with Gasteiger partial charge in [0.25, 0.3) is 0 Å². The second-order valence-electron chi connectivity index (χ2n) is 6.95. The summed E-state index contributed by atoms with van der Waals surface area (Å²) < 4.78 is 0. The Bertz CT molecular complexity index is 275. The lowest BCUT2D eigenvalue weighted by molar-refractivity contribution is -0.0399. The van der Waals surface area contributed by atoms with E-state index in [2.05, 4.69) is 46.5 Å². The van der Waals surface area contributed by atoms with Gasteiger partial charge in [0.2, 0.25) is 0 Å². The highest BCUT2D eigenvalue weighted by molar-refractivity contribution is 6.83. The topological polar surface area (TPSA) is 40.5 Å². The minimum Gasteiger partial charge on any atom is -0.390 e. The van der Waals surface area contributed by atoms with Crippen molar-refractivity contribution in [1.29, 1.82) is 0 Å². The number of allylic oxidation sites excluding steroid dienone is 1. The third-order valence-electron chi connectivity index (χ3n) is 3.33. The first-order chi connectivity index (χ1) is 8.03. The lowest BCUT2D eigenvalue weighted by Crippen LogP contribution is -2.49. The van der Waals surface area contributed by atoms with E-state index in [1.807, 2.05) is 0 Å². The molecular formula is C15H32O2Si. The third kappa shape index (κ3) is 5.25. The molecule has 0 saturated heterocycles. The van der Waals surface area contributed by atoms with Crippen molar-refractivity contribution in [3.63, 3.8) is 0 Å². The number of rotatable bonds is 7. The molecule has 2 nitrogen and oxygen atoms in total. The lowest BCUT2D eigenvalue weighted by Gasteiger charge is -2.38. The van der Waals surface area contributed by atoms with Crippen LogP contribution in [0.5, 0.6) is 0 Å². The van der Waals surface area contributed by atoms with Gasteiger partial charge in [0, 0.05) is 0 Å². The molecule has 0 aromatic carbocycles. The van der Waals surface area contributed by atoms with Crippen molar-refractivity contribution in [1.82, 2.24) is 0 Å². The Labute approximate surface area is 114 Å². The van der Waals surface area contributed by atoms with Crippen LogP contribution in [0.4, 0.5) is 0 Å². The molecule has 0 fully saturated rings. The minimum absolute atomic E-state index is 0.389. The summed E-state index contributed by atoms with van der Waals surface area (Å²) in [6, 6.07) is 0. The molecular weight excluding hydrogens is 240 g/mol. The van der Waals surface area contributed by atoms with Crippen molar-refractivity contribution >= 4 is 8.07 Å². The highest BCUT2D eigenvalue weighted by Crippen LogP contribution is 2.32. The van der Waals surface area contributed by atoms with Crippen LogP contribution in [0.2, 0.25) is 19.6 Å². The van der Waals surface area contributed by atoms with Crippen molar-refractivity contribution in [2.75, 3.05) is 0 Å². The van der Waals surface area contributed by atoms with Gasteiger partial charge in [-0.2, -0.15) is 0 Å². The van der Waals surface area contributed by atoms with Crippen LogP contribution in [0.3, 0.4) is 0 Å². The lowest BCUT2D eigenvalue weighted by atomic mass is 9.91. The fourth-order valence-electron chi connectivity index (χ4n) is 2.42. The summed E-state index contributed by atoms with van der Waals surface area (Å²) in [6.07, 6.45) is 4.18. The fourth-order valence-corrected chi connectivity index (χ4v) is 4.86. The molecule has 0 aromatic heterocycles. The van der Waals surface area contributed by atoms with Crippen molar-refractivity contribution in [3.05, 3.63) is 11.3 Å². The van der Waals surface area contributed by atoms with Crippen molar-refractivity contribution in [3.8, 4) is 0 Å². The van der Waals surface area contributed by atoms with E-state index >= 15 is 0 Å². The highest BCUT2D eigenvalue weighted by atomic mass is 28.3. The Morgan fingerprint density at radius 3 is 2.11 bits per heavy atom. The second-order valence-corrected chi connectivity index (χ2v) is 12.0. The van der Waals surface area contributed by atoms with Crippen LogP contribution in [-0.2, 0) is 0 Å². The normalized spacial score (nSPS) is 18.9. The minimum atomic E-state index is -1.62. The summed E-state index contributed by atoms with van der Waals surface area (Å²) in [4.78, 5) is 0. The summed E-state index contributed by atoms with van der Waals surface area (Å²) in [5, 5.41) is 22.2. The Balaban J connectivity index is 5.20. The van der Waals surface area contributed by atoms with E-state index in [0.29, 0.717) is 12.3 Å². The smallest absolute Gasteiger partial charge is 0.105 e. The summed E-state index contributed by atoms with van der Waals surface area (Å²) >= 11 is 0. The Morgan fingerprint density at radius 1 is 1.28 bits per heavy atom. The van der Waals surface area contributed by atoms with Crippen molar-refractivity contribution < 1.29 is 10.2 Å². The zero-order chi connectivity index (χ0) is 14.6. The van der Waals surface area contributed by atoms with Gasteiger partial charge in [-0.15, -0.1) is 0 Å². The molecule has 0 amide bonds. The molecule has 2 atom stereocenters. The predicted molar refractivity (Wildman–Crippen MR) is 82.4 cm³/mol. The number of hydrogen-bond acceptors (Lipinski definition) is 2. The largest absolute Gasteiger partial charge is 0.390 e. The Morgan fingerprint density at radius 2 is 1.78 bits per heavy atom. The fraction of sp³-hybridized carbons (Fsp3) is 0.867. The van der Waals surface area contributed by atoms with E-state index in [0.717, 1.165) is 18.0 Å². The van der Waals surface area contributed by atoms with Gasteiger partial charge < -0.3 is 10.2 Å². The van der Waals surface area contributed by atoms with Gasteiger partial charge in [-0.1, -0.05) is 58.1 Å². The molecule has 18 heavy (non-hydrogen) atoms. The zero-order valence-electron chi connectivity index (χ0n) is 13.2. The maximum atomic E-state index is 10.8. The molecule has 0 bridgehead atoms. The molecule has 0 aliphatic heterocycles. The van der Waals surface area contributed by atoms with E-state index in [1.54, 1.807) is 6.92 Å². The van der Waals surface area contributed by atoms with Crippen LogP contribution >= 0.6 is 0 Å². The average Bonchev–Trinajstić information content (AvgIpc) is 2.14. The SMILES string of the molecule is CCC/C=C(/[C@](C)(O)[C@H](O)CC(C)C)[Si](C)(C)C. The van der Waals surface area contributed by atoms with E-state index in [4.69, 9.17) is 0 Å². The molecule has 0 unspecified atom stereocenters. The van der Waals surface area contributed by atoms with Crippen LogP contribution in [0.15, 0.2) is 11.3 Å². The monoisotopic (exact) mass is 272 g/mol. The number of aliphatic hydroxyl groups is 2. The second kappa shape index (κ2) is 6.87. The Hall–Kier alpha value is -0.123. The summed E-state index contributed by atoms with van der Waals surface area (Å²) in [5.41, 5.74) is -1.08. The molecule has 0 aliphatic carbocycles. The van der Waals surface area contributed by atoms with Gasteiger partial charge in [-0.3, -0.25) is 0 Å². The molecule has 0 radical (unpaired) electrons. The number of unbranched alkanes of at least 4 members (excludes halogenated alkanes) is 1. The Kier molecular flexibility index (Phi) is 6.83. The van der Waals surface area contributed by atoms with E-state index in [1.165, 1.54) is 0 Å². The van der Waals surface area contributed by atoms with Crippen LogP contribution in [0.25, 0.3) is 0 Å². The quantitative estimate of drug-likeness (QED) is 0.693. The van der Waals surface area contributed by atoms with E-state index < -0.39 is 19.8 Å². The van der Waals surface area contributed by atoms with Crippen LogP contribution in [0, 0.1) is 5.92 Å². The first-order valence-electron chi connectivity index (χ1n) is 7.15. The molecule has 0 aliphatic rings. The number of hydrogen-bond donors (Lipinski definition) is 2. The van der Waals surface area contributed by atoms with Gasteiger partial charge >= 0.3 is 0 Å². The maximum Gasteiger partial charge on any atom is 0.105 e. The van der Waals surface area contributed by atoms with Gasteiger partial charge in [0.15, 0.2) is 0 Å². The van der Waals surface area contributed by atoms with Crippen LogP contribution in [-0.4, -0.2) is 30.0 Å². The van der Waals surface area contributed by atoms with Crippen molar-refractivity contribution in [2.45, 2.75) is 78.3 Å². The van der Waals surface area contributed by atoms with Gasteiger partial charge in [0.1, 0.15) is 5.60 Å². The molecule has 0 aromatic rings. The summed E-state index contributed by atoms with van der Waals surface area (Å²) in [7, 11) is -1.62. The van der Waals surface area contributed by atoms with Crippen molar-refractivity contribution in [2.24, 2.45) is 5.92 Å². The number of aliphatic hydroxyl groups excluding tert-OH is 1. The van der Waals surface area contributed by atoms with Gasteiger partial charge in [-0.25, -0.2) is 0 Å². The maximum absolute atomic E-state index is 10.8. The highest BCUT2D eigenvalue weighted by Gasteiger charge is 2.40. The average molecular weight is 273 g/mol. The first-order valence-corrected chi connectivity index (χ1v) is 10.6. The standard InChI is InChI=1S/C15H32O2Si/c1-8-9-10-14(18(5,6)7)15(4,17)13(16)11-12(2)3/h10,12-13,16-17H,8-9,11H2,1-7H3/b14-10-/t13-,15-/m1/s1. The molecule has 2 N–H and O–H groups in total. The van der Waals surface area contributed by atoms with Gasteiger partial charge in [0.05, 0.1) is 14.2 Å². The van der Waals surface area contributed by atoms with E-state index in [-0.39, 0.29) is 0 Å². The summed E-state index contributed by atoms with van der Waals surface area (Å²) in [6.45, 7) is 14.7. The van der Waals surface area contributed by atoms with Crippen LogP contribution < -0.4 is 0 Å². The van der Waals surface area contributed by atoms with E-state index in [9.17, 15) is 10.2 Å². The molecule has 0 saturated carbocycles. The summed E-state index contributed by atoms with van der Waals surface area (Å²) in [5.74, 6) is 0.389. The molecule has 108 valence electrons. The predicted octanol–water partition coefficient (Wildman–Crippen LogP) is 3.75. The first kappa shape index (κ1) is 17.9. The molecule has 3 heteroatoms. The molecule has 0 spiro atoms. The van der Waals surface area contributed by atoms with Crippen LogP contribution in [0.1, 0.15) is 47.0 Å².